The lowest BCUT2D eigenvalue weighted by atomic mass is 10.4. The summed E-state index contributed by atoms with van der Waals surface area (Å²) in [7, 11) is 0. The second-order valence-electron chi connectivity index (χ2n) is 3.06. The van der Waals surface area contributed by atoms with Gasteiger partial charge < -0.3 is 4.98 Å². The van der Waals surface area contributed by atoms with Gasteiger partial charge in [0.2, 0.25) is 0 Å². The summed E-state index contributed by atoms with van der Waals surface area (Å²) in [5.74, 6) is 1.95. The second-order valence-corrected chi connectivity index (χ2v) is 4.81. The Morgan fingerprint density at radius 1 is 1.40 bits per heavy atom. The number of pyridine rings is 1. The molecule has 0 aromatic carbocycles. The molecule has 0 bridgehead atoms. The van der Waals surface area contributed by atoms with Gasteiger partial charge in [-0.25, -0.2) is 9.97 Å². The fourth-order valence-corrected chi connectivity index (χ4v) is 1.95. The smallest absolute Gasteiger partial charge is 0.179 e. The number of nitrogens with one attached hydrogen (secondary N) is 1. The monoisotopic (exact) mass is 261 g/mol. The molecule has 0 aliphatic rings. The molecule has 0 saturated heterocycles. The van der Waals surface area contributed by atoms with Crippen molar-refractivity contribution >= 4 is 46.1 Å². The van der Waals surface area contributed by atoms with E-state index in [0.29, 0.717) is 15.8 Å². The molecule has 3 nitrogen and oxygen atoms in total. The van der Waals surface area contributed by atoms with Crippen LogP contribution in [-0.2, 0) is 6.42 Å². The van der Waals surface area contributed by atoms with E-state index in [1.807, 2.05) is 0 Å². The topological polar surface area (TPSA) is 41.6 Å². The van der Waals surface area contributed by atoms with Gasteiger partial charge in [-0.3, -0.25) is 0 Å². The third-order valence-electron chi connectivity index (χ3n) is 1.98. The molecular weight excluding hydrogens is 253 g/mol. The van der Waals surface area contributed by atoms with Crippen LogP contribution in [0.1, 0.15) is 5.82 Å². The maximum Gasteiger partial charge on any atom is 0.179 e. The SMILES string of the molecule is CSCCc1nc2nc(Cl)c(Cl)cc2[nH]1. The highest BCUT2D eigenvalue weighted by atomic mass is 35.5. The predicted octanol–water partition coefficient (Wildman–Crippen LogP) is 3.17. The minimum atomic E-state index is 0.298. The highest BCUT2D eigenvalue weighted by Crippen LogP contribution is 2.23. The van der Waals surface area contributed by atoms with E-state index in [4.69, 9.17) is 23.2 Å². The highest BCUT2D eigenvalue weighted by molar-refractivity contribution is 7.98. The number of hydrogen-bond donors (Lipinski definition) is 1. The quantitative estimate of drug-likeness (QED) is 0.864. The zero-order chi connectivity index (χ0) is 10.8. The Morgan fingerprint density at radius 2 is 2.20 bits per heavy atom. The number of aromatic amines is 1. The van der Waals surface area contributed by atoms with Crippen molar-refractivity contribution in [2.75, 3.05) is 12.0 Å². The molecule has 80 valence electrons. The van der Waals surface area contributed by atoms with Crippen molar-refractivity contribution in [2.24, 2.45) is 0 Å². The molecule has 2 aromatic heterocycles. The Balaban J connectivity index is 2.38. The van der Waals surface area contributed by atoms with Crippen molar-refractivity contribution in [1.29, 1.82) is 0 Å². The molecule has 0 radical (unpaired) electrons. The number of hydrogen-bond acceptors (Lipinski definition) is 3. The van der Waals surface area contributed by atoms with Crippen molar-refractivity contribution in [3.63, 3.8) is 0 Å². The van der Waals surface area contributed by atoms with Gasteiger partial charge >= 0.3 is 0 Å². The molecule has 0 amide bonds. The van der Waals surface area contributed by atoms with Gasteiger partial charge in [-0.2, -0.15) is 11.8 Å². The standard InChI is InChI=1S/C9H9Cl2N3S/c1-15-3-2-7-12-6-4-5(10)8(11)14-9(6)13-7/h4H,2-3H2,1H3,(H,12,13,14). The van der Waals surface area contributed by atoms with Crippen LogP contribution >= 0.6 is 35.0 Å². The Kier molecular flexibility index (Phi) is 3.38. The number of halogens is 2. The summed E-state index contributed by atoms with van der Waals surface area (Å²) in [6.07, 6.45) is 2.96. The van der Waals surface area contributed by atoms with Crippen LogP contribution in [0.25, 0.3) is 11.2 Å². The first kappa shape index (κ1) is 11.0. The normalized spacial score (nSPS) is 11.1. The largest absolute Gasteiger partial charge is 0.341 e. The molecule has 2 heterocycles. The van der Waals surface area contributed by atoms with Crippen molar-refractivity contribution in [2.45, 2.75) is 6.42 Å². The van der Waals surface area contributed by atoms with Crippen LogP contribution in [0.15, 0.2) is 6.07 Å². The number of imidazole rings is 1. The summed E-state index contributed by atoms with van der Waals surface area (Å²) in [5, 5.41) is 0.747. The summed E-state index contributed by atoms with van der Waals surface area (Å²) >= 11 is 13.4. The van der Waals surface area contributed by atoms with Crippen LogP contribution < -0.4 is 0 Å². The van der Waals surface area contributed by atoms with Crippen molar-refractivity contribution in [3.05, 3.63) is 22.1 Å². The molecule has 0 spiro atoms. The first-order valence-corrected chi connectivity index (χ1v) is 6.55. The molecule has 1 N–H and O–H groups in total. The molecule has 0 aliphatic heterocycles. The Hall–Kier alpha value is -0.450. The van der Waals surface area contributed by atoms with E-state index >= 15 is 0 Å². The molecule has 0 fully saturated rings. The van der Waals surface area contributed by atoms with Crippen molar-refractivity contribution in [3.8, 4) is 0 Å². The van der Waals surface area contributed by atoms with Crippen LogP contribution in [0.4, 0.5) is 0 Å². The molecule has 0 unspecified atom stereocenters. The molecule has 2 aromatic rings. The van der Waals surface area contributed by atoms with Gasteiger partial charge in [-0.1, -0.05) is 23.2 Å². The average Bonchev–Trinajstić information content (AvgIpc) is 2.58. The first-order valence-electron chi connectivity index (χ1n) is 4.40. The van der Waals surface area contributed by atoms with Crippen LogP contribution in [-0.4, -0.2) is 27.0 Å². The highest BCUT2D eigenvalue weighted by Gasteiger charge is 2.07. The van der Waals surface area contributed by atoms with Crippen LogP contribution in [0, 0.1) is 0 Å². The van der Waals surface area contributed by atoms with Gasteiger partial charge in [0.15, 0.2) is 5.65 Å². The minimum absolute atomic E-state index is 0.298. The number of aryl methyl sites for hydroxylation is 1. The minimum Gasteiger partial charge on any atom is -0.341 e. The lowest BCUT2D eigenvalue weighted by Crippen LogP contribution is -1.89. The van der Waals surface area contributed by atoms with Gasteiger partial charge in [0.1, 0.15) is 11.0 Å². The van der Waals surface area contributed by atoms with E-state index in [1.54, 1.807) is 17.8 Å². The maximum atomic E-state index is 5.85. The zero-order valence-electron chi connectivity index (χ0n) is 8.05. The summed E-state index contributed by atoms with van der Waals surface area (Å²) in [6.45, 7) is 0. The Bertz CT molecular complexity index is 444. The molecule has 15 heavy (non-hydrogen) atoms. The fraction of sp³-hybridized carbons (Fsp3) is 0.333. The Morgan fingerprint density at radius 3 is 2.93 bits per heavy atom. The van der Waals surface area contributed by atoms with Crippen molar-refractivity contribution < 1.29 is 0 Å². The summed E-state index contributed by atoms with van der Waals surface area (Å²) < 4.78 is 0. The molecular formula is C9H9Cl2N3S. The fourth-order valence-electron chi connectivity index (χ4n) is 1.26. The van der Waals surface area contributed by atoms with Crippen LogP contribution in [0.5, 0.6) is 0 Å². The molecule has 0 atom stereocenters. The first-order chi connectivity index (χ1) is 7.20. The van der Waals surface area contributed by atoms with Crippen LogP contribution in [0.3, 0.4) is 0 Å². The van der Waals surface area contributed by atoms with E-state index in [9.17, 15) is 0 Å². The van der Waals surface area contributed by atoms with E-state index in [1.165, 1.54) is 0 Å². The zero-order valence-corrected chi connectivity index (χ0v) is 10.4. The molecule has 2 rings (SSSR count). The van der Waals surface area contributed by atoms with E-state index in [2.05, 4.69) is 21.2 Å². The number of rotatable bonds is 3. The predicted molar refractivity (Wildman–Crippen MR) is 66.0 cm³/mol. The molecule has 6 heteroatoms. The van der Waals surface area contributed by atoms with Gasteiger partial charge in [0, 0.05) is 12.2 Å². The second kappa shape index (κ2) is 4.60. The third kappa shape index (κ3) is 2.38. The van der Waals surface area contributed by atoms with Crippen molar-refractivity contribution in [1.82, 2.24) is 15.0 Å². The summed E-state index contributed by atoms with van der Waals surface area (Å²) in [4.78, 5) is 11.6. The number of nitrogens with zero attached hydrogens (tertiary/aromatic N) is 2. The van der Waals surface area contributed by atoms with E-state index in [0.717, 1.165) is 23.5 Å². The molecule has 0 aliphatic carbocycles. The average molecular weight is 262 g/mol. The third-order valence-corrected chi connectivity index (χ3v) is 3.26. The van der Waals surface area contributed by atoms with Gasteiger partial charge in [0.05, 0.1) is 10.5 Å². The summed E-state index contributed by atoms with van der Waals surface area (Å²) in [6, 6.07) is 1.75. The Labute approximate surface area is 102 Å². The number of fused-ring (bicyclic) bond motifs is 1. The van der Waals surface area contributed by atoms with Crippen LogP contribution in [0.2, 0.25) is 10.2 Å². The number of thioether (sulfide) groups is 1. The van der Waals surface area contributed by atoms with Gasteiger partial charge in [-0.15, -0.1) is 0 Å². The van der Waals surface area contributed by atoms with E-state index < -0.39 is 0 Å². The lowest BCUT2D eigenvalue weighted by Gasteiger charge is -1.92. The maximum absolute atomic E-state index is 5.85. The van der Waals surface area contributed by atoms with Gasteiger partial charge in [0.25, 0.3) is 0 Å². The summed E-state index contributed by atoms with van der Waals surface area (Å²) in [5.41, 5.74) is 1.46. The lowest BCUT2D eigenvalue weighted by molar-refractivity contribution is 1.01. The van der Waals surface area contributed by atoms with E-state index in [-0.39, 0.29) is 0 Å². The number of H-pyrrole nitrogens is 1. The van der Waals surface area contributed by atoms with Gasteiger partial charge in [-0.05, 0) is 12.3 Å². The molecule has 0 saturated carbocycles. The number of aromatic nitrogens is 3.